The predicted molar refractivity (Wildman–Crippen MR) is 87.6 cm³/mol. The molecule has 1 aromatic rings. The number of nitrogens with two attached hydrogens (primary N) is 1. The fourth-order valence-corrected chi connectivity index (χ4v) is 2.83. The van der Waals surface area contributed by atoms with E-state index in [0.29, 0.717) is 29.0 Å². The van der Waals surface area contributed by atoms with E-state index >= 15 is 0 Å². The highest BCUT2D eigenvalue weighted by atomic mass is 35.5. The molecule has 116 valence electrons. The van der Waals surface area contributed by atoms with Gasteiger partial charge >= 0.3 is 0 Å². The van der Waals surface area contributed by atoms with Crippen LogP contribution in [-0.4, -0.2) is 54.5 Å². The van der Waals surface area contributed by atoms with Crippen molar-refractivity contribution in [3.8, 4) is 0 Å². The molecule has 2 rings (SSSR count). The van der Waals surface area contributed by atoms with Gasteiger partial charge in [-0.15, -0.1) is 0 Å². The molecule has 6 heteroatoms. The lowest BCUT2D eigenvalue weighted by Crippen LogP contribution is -2.53. The molecule has 1 atom stereocenters. The zero-order valence-corrected chi connectivity index (χ0v) is 13.4. The van der Waals surface area contributed by atoms with Gasteiger partial charge in [-0.2, -0.15) is 0 Å². The van der Waals surface area contributed by atoms with Crippen LogP contribution >= 0.6 is 11.6 Å². The number of anilines is 2. The largest absolute Gasteiger partial charge is 0.397 e. The molecule has 21 heavy (non-hydrogen) atoms. The second-order valence-electron chi connectivity index (χ2n) is 5.50. The Bertz CT molecular complexity index is 508. The number of nitrogens with one attached hydrogen (secondary N) is 1. The van der Waals surface area contributed by atoms with E-state index in [-0.39, 0.29) is 5.91 Å². The lowest BCUT2D eigenvalue weighted by atomic mass is 10.2. The van der Waals surface area contributed by atoms with E-state index in [2.05, 4.69) is 29.0 Å². The summed E-state index contributed by atoms with van der Waals surface area (Å²) in [5.74, 6) is -0.0196. The number of nitrogens with zero attached hydrogens (tertiary/aromatic N) is 2. The zero-order chi connectivity index (χ0) is 15.4. The van der Waals surface area contributed by atoms with Gasteiger partial charge in [0.15, 0.2) is 0 Å². The van der Waals surface area contributed by atoms with Crippen LogP contribution in [0.2, 0.25) is 5.02 Å². The van der Waals surface area contributed by atoms with E-state index < -0.39 is 0 Å². The lowest BCUT2D eigenvalue weighted by Gasteiger charge is -2.38. The van der Waals surface area contributed by atoms with Crippen molar-refractivity contribution in [1.82, 2.24) is 9.80 Å². The molecule has 0 aromatic heterocycles. The predicted octanol–water partition coefficient (Wildman–Crippen LogP) is 1.89. The number of hydrogen-bond acceptors (Lipinski definition) is 4. The quantitative estimate of drug-likeness (QED) is 0.834. The average molecular weight is 311 g/mol. The first-order valence-corrected chi connectivity index (χ1v) is 7.68. The summed E-state index contributed by atoms with van der Waals surface area (Å²) >= 11 is 5.87. The Morgan fingerprint density at radius 1 is 1.48 bits per heavy atom. The van der Waals surface area contributed by atoms with Gasteiger partial charge in [0.05, 0.1) is 17.3 Å². The number of benzene rings is 1. The monoisotopic (exact) mass is 310 g/mol. The van der Waals surface area contributed by atoms with Crippen LogP contribution in [0.4, 0.5) is 11.4 Å². The number of piperazine rings is 1. The number of nitrogen functional groups attached to an aromatic ring is 1. The van der Waals surface area contributed by atoms with Crippen LogP contribution < -0.4 is 11.1 Å². The molecule has 1 saturated heterocycles. The number of amides is 1. The third-order valence-electron chi connectivity index (χ3n) is 3.90. The van der Waals surface area contributed by atoms with Crippen LogP contribution in [0.25, 0.3) is 0 Å². The van der Waals surface area contributed by atoms with Crippen molar-refractivity contribution in [3.05, 3.63) is 23.2 Å². The van der Waals surface area contributed by atoms with Crippen LogP contribution in [-0.2, 0) is 4.79 Å². The van der Waals surface area contributed by atoms with Crippen molar-refractivity contribution < 1.29 is 4.79 Å². The number of hydrogen-bond donors (Lipinski definition) is 2. The maximum atomic E-state index is 12.1. The van der Waals surface area contributed by atoms with Crippen molar-refractivity contribution in [2.45, 2.75) is 19.9 Å². The molecule has 0 radical (unpaired) electrons. The van der Waals surface area contributed by atoms with E-state index in [1.165, 1.54) is 0 Å². The minimum Gasteiger partial charge on any atom is -0.397 e. The maximum absolute atomic E-state index is 12.1. The minimum absolute atomic E-state index is 0.0196. The van der Waals surface area contributed by atoms with E-state index in [1.807, 2.05) is 0 Å². The Morgan fingerprint density at radius 2 is 2.24 bits per heavy atom. The second kappa shape index (κ2) is 7.11. The van der Waals surface area contributed by atoms with Crippen LogP contribution in [0.5, 0.6) is 0 Å². The van der Waals surface area contributed by atoms with Crippen molar-refractivity contribution in [3.63, 3.8) is 0 Å². The van der Waals surface area contributed by atoms with Crippen molar-refractivity contribution in [1.29, 1.82) is 0 Å². The van der Waals surface area contributed by atoms with Gasteiger partial charge in [0.1, 0.15) is 0 Å². The Labute approximate surface area is 131 Å². The number of rotatable bonds is 4. The first-order chi connectivity index (χ1) is 9.99. The number of halogens is 1. The molecule has 1 amide bonds. The van der Waals surface area contributed by atoms with Gasteiger partial charge < -0.3 is 11.1 Å². The van der Waals surface area contributed by atoms with Crippen molar-refractivity contribution >= 4 is 28.9 Å². The van der Waals surface area contributed by atoms with Crippen LogP contribution in [0, 0.1) is 0 Å². The molecule has 1 aliphatic heterocycles. The summed E-state index contributed by atoms with van der Waals surface area (Å²) < 4.78 is 0. The van der Waals surface area contributed by atoms with E-state index in [0.717, 1.165) is 26.2 Å². The highest BCUT2D eigenvalue weighted by molar-refractivity contribution is 6.33. The van der Waals surface area contributed by atoms with Gasteiger partial charge in [-0.1, -0.05) is 18.5 Å². The fourth-order valence-electron chi connectivity index (χ4n) is 2.71. The number of likely N-dealkylation sites (N-methyl/N-ethyl adjacent to an activating group) is 1. The smallest absolute Gasteiger partial charge is 0.238 e. The molecule has 3 N–H and O–H groups in total. The van der Waals surface area contributed by atoms with E-state index in [4.69, 9.17) is 17.3 Å². The summed E-state index contributed by atoms with van der Waals surface area (Å²) in [6, 6.07) is 5.61. The van der Waals surface area contributed by atoms with Crippen molar-refractivity contribution in [2.24, 2.45) is 0 Å². The SMILES string of the molecule is CCN1CCN(CC(=O)Nc2ccc(Cl)c(N)c2)CC1C. The minimum atomic E-state index is -0.0196. The Balaban J connectivity index is 1.86. The maximum Gasteiger partial charge on any atom is 0.238 e. The summed E-state index contributed by atoms with van der Waals surface area (Å²) in [5.41, 5.74) is 6.88. The molecule has 1 fully saturated rings. The molecule has 1 aliphatic rings. The molecular weight excluding hydrogens is 288 g/mol. The van der Waals surface area contributed by atoms with Crippen LogP contribution in [0.3, 0.4) is 0 Å². The van der Waals surface area contributed by atoms with E-state index in [1.54, 1.807) is 18.2 Å². The molecule has 0 bridgehead atoms. The molecule has 1 heterocycles. The first kappa shape index (κ1) is 16.1. The zero-order valence-electron chi connectivity index (χ0n) is 12.6. The lowest BCUT2D eigenvalue weighted by molar-refractivity contribution is -0.118. The summed E-state index contributed by atoms with van der Waals surface area (Å²) in [5, 5.41) is 3.36. The normalized spacial score (nSPS) is 20.4. The van der Waals surface area contributed by atoms with E-state index in [9.17, 15) is 4.79 Å². The molecule has 0 aliphatic carbocycles. The molecule has 0 spiro atoms. The van der Waals surface area contributed by atoms with Gasteiger partial charge in [-0.25, -0.2) is 0 Å². The summed E-state index contributed by atoms with van der Waals surface area (Å²) in [6.45, 7) is 8.70. The number of carbonyl (C=O) groups excluding carboxylic acids is 1. The molecule has 5 nitrogen and oxygen atoms in total. The fraction of sp³-hybridized carbons (Fsp3) is 0.533. The van der Waals surface area contributed by atoms with Crippen LogP contribution in [0.1, 0.15) is 13.8 Å². The molecule has 1 aromatic carbocycles. The Morgan fingerprint density at radius 3 is 2.86 bits per heavy atom. The standard InChI is InChI=1S/C15H23ClN4O/c1-3-20-7-6-19(9-11(20)2)10-15(21)18-12-4-5-13(16)14(17)8-12/h4-5,8,11H,3,6-7,9-10,17H2,1-2H3,(H,18,21). The van der Waals surface area contributed by atoms with Gasteiger partial charge in [-0.3, -0.25) is 14.6 Å². The molecular formula is C15H23ClN4O. The highest BCUT2D eigenvalue weighted by Crippen LogP contribution is 2.22. The summed E-state index contributed by atoms with van der Waals surface area (Å²) in [6.07, 6.45) is 0. The third kappa shape index (κ3) is 4.33. The molecule has 1 unspecified atom stereocenters. The second-order valence-corrected chi connectivity index (χ2v) is 5.90. The van der Waals surface area contributed by atoms with Gasteiger partial charge in [0.2, 0.25) is 5.91 Å². The average Bonchev–Trinajstić information content (AvgIpc) is 2.43. The first-order valence-electron chi connectivity index (χ1n) is 7.31. The topological polar surface area (TPSA) is 61.6 Å². The molecule has 0 saturated carbocycles. The van der Waals surface area contributed by atoms with Gasteiger partial charge in [0.25, 0.3) is 0 Å². The highest BCUT2D eigenvalue weighted by Gasteiger charge is 2.23. The van der Waals surface area contributed by atoms with Gasteiger partial charge in [0, 0.05) is 31.4 Å². The van der Waals surface area contributed by atoms with Gasteiger partial charge in [-0.05, 0) is 31.7 Å². The van der Waals surface area contributed by atoms with Crippen molar-refractivity contribution in [2.75, 3.05) is 43.8 Å². The third-order valence-corrected chi connectivity index (χ3v) is 4.25. The van der Waals surface area contributed by atoms with Crippen LogP contribution in [0.15, 0.2) is 18.2 Å². The Kier molecular flexibility index (Phi) is 5.45. The number of carbonyl (C=O) groups is 1. The summed E-state index contributed by atoms with van der Waals surface area (Å²) in [7, 11) is 0. The summed E-state index contributed by atoms with van der Waals surface area (Å²) in [4.78, 5) is 16.7. The Hall–Kier alpha value is -1.30.